The summed E-state index contributed by atoms with van der Waals surface area (Å²) >= 11 is 1.18. The van der Waals surface area contributed by atoms with Crippen molar-refractivity contribution in [3.63, 3.8) is 0 Å². The Kier molecular flexibility index (Phi) is 5.13. The van der Waals surface area contributed by atoms with Gasteiger partial charge in [0, 0.05) is 31.3 Å². The van der Waals surface area contributed by atoms with E-state index < -0.39 is 12.0 Å². The number of carbonyl (C=O) groups is 2. The number of fused-ring (bicyclic) bond motifs is 1. The lowest BCUT2D eigenvalue weighted by Crippen LogP contribution is -2.38. The average molecular weight is 439 g/mol. The van der Waals surface area contributed by atoms with Crippen molar-refractivity contribution in [2.45, 2.75) is 25.9 Å². The number of ketones is 1. The number of aromatic nitrogens is 5. The van der Waals surface area contributed by atoms with Crippen LogP contribution >= 0.6 is 11.3 Å². The summed E-state index contributed by atoms with van der Waals surface area (Å²) < 4.78 is 39.8. The molecule has 3 aromatic rings. The van der Waals surface area contributed by atoms with Gasteiger partial charge in [-0.15, -0.1) is 26.6 Å². The van der Waals surface area contributed by atoms with Crippen molar-refractivity contribution in [1.29, 1.82) is 0 Å². The second-order valence-corrected chi connectivity index (χ2v) is 7.69. The molecule has 158 valence electrons. The Hall–Kier alpha value is -3.09. The highest BCUT2D eigenvalue weighted by molar-refractivity contribution is 7.14. The lowest BCUT2D eigenvalue weighted by atomic mass is 9.96. The summed E-state index contributed by atoms with van der Waals surface area (Å²) in [5.74, 6) is -1.46. The molecular weight excluding hydrogens is 423 g/mol. The lowest BCUT2D eigenvalue weighted by Gasteiger charge is -2.31. The second kappa shape index (κ2) is 7.63. The number of rotatable bonds is 4. The van der Waals surface area contributed by atoms with Crippen molar-refractivity contribution in [2.75, 3.05) is 23.3 Å². The number of carbonyl (C=O) groups excluding carboxylic acids is 2. The largest absolute Gasteiger partial charge is 0.453 e. The van der Waals surface area contributed by atoms with Crippen LogP contribution in [-0.4, -0.2) is 49.6 Å². The molecule has 1 N–H and O–H groups in total. The number of halogens is 3. The maximum Gasteiger partial charge on any atom is 0.453 e. The van der Waals surface area contributed by atoms with E-state index in [1.165, 1.54) is 24.3 Å². The molecule has 1 aliphatic rings. The van der Waals surface area contributed by atoms with E-state index in [4.69, 9.17) is 0 Å². The molecule has 3 aromatic heterocycles. The molecule has 0 aliphatic carbocycles. The van der Waals surface area contributed by atoms with Crippen LogP contribution in [0.4, 0.5) is 24.1 Å². The van der Waals surface area contributed by atoms with Gasteiger partial charge in [0.25, 0.3) is 5.82 Å². The van der Waals surface area contributed by atoms with Gasteiger partial charge in [-0.05, 0) is 25.0 Å². The van der Waals surface area contributed by atoms with E-state index in [2.05, 4.69) is 25.6 Å². The monoisotopic (exact) mass is 439 g/mol. The van der Waals surface area contributed by atoms with Gasteiger partial charge >= 0.3 is 6.18 Å². The summed E-state index contributed by atoms with van der Waals surface area (Å²) in [4.78, 5) is 29.7. The van der Waals surface area contributed by atoms with Gasteiger partial charge in [-0.2, -0.15) is 17.7 Å². The van der Waals surface area contributed by atoms with E-state index in [1.54, 1.807) is 11.4 Å². The summed E-state index contributed by atoms with van der Waals surface area (Å²) in [6, 6.07) is 3.02. The molecule has 0 aromatic carbocycles. The van der Waals surface area contributed by atoms with Crippen LogP contribution in [0.1, 0.15) is 36.1 Å². The highest BCUT2D eigenvalue weighted by Crippen LogP contribution is 2.29. The van der Waals surface area contributed by atoms with Crippen molar-refractivity contribution in [3.05, 3.63) is 29.0 Å². The fraction of sp³-hybridized carbons (Fsp3) is 0.412. The molecule has 0 saturated carbocycles. The summed E-state index contributed by atoms with van der Waals surface area (Å²) in [6.07, 6.45) is -3.65. The number of nitrogens with zero attached hydrogens (tertiary/aromatic N) is 6. The Morgan fingerprint density at radius 3 is 2.57 bits per heavy atom. The first-order chi connectivity index (χ1) is 14.2. The number of thiazole rings is 1. The van der Waals surface area contributed by atoms with Crippen LogP contribution in [0, 0.1) is 5.92 Å². The van der Waals surface area contributed by atoms with Crippen LogP contribution in [0.15, 0.2) is 17.5 Å². The molecule has 30 heavy (non-hydrogen) atoms. The predicted octanol–water partition coefficient (Wildman–Crippen LogP) is 2.66. The molecule has 0 spiro atoms. The molecule has 1 saturated heterocycles. The van der Waals surface area contributed by atoms with E-state index in [1.807, 2.05) is 4.90 Å². The summed E-state index contributed by atoms with van der Waals surface area (Å²) in [5.41, 5.74) is 0.313. The summed E-state index contributed by atoms with van der Waals surface area (Å²) in [5, 5.41) is 15.4. The smallest absolute Gasteiger partial charge is 0.355 e. The Balaban J connectivity index is 1.41. The first-order valence-corrected chi connectivity index (χ1v) is 9.92. The molecule has 1 aliphatic heterocycles. The zero-order chi connectivity index (χ0) is 21.5. The van der Waals surface area contributed by atoms with Gasteiger partial charge in [0.05, 0.1) is 0 Å². The van der Waals surface area contributed by atoms with Crippen LogP contribution in [0.3, 0.4) is 0 Å². The van der Waals surface area contributed by atoms with Crippen LogP contribution in [0.2, 0.25) is 0 Å². The standard InChI is InChI=1S/C17H16F3N7O2S/c1-9(28)11-8-30-16(21-11)22-14(29)10-4-6-26(7-5-10)13-3-2-12-23-24-15(17(18,19)20)27(12)25-13/h2-3,8,10H,4-7H2,1H3,(H,21,22,29). The van der Waals surface area contributed by atoms with Crippen LogP contribution in [0.25, 0.3) is 5.65 Å². The van der Waals surface area contributed by atoms with Crippen molar-refractivity contribution < 1.29 is 22.8 Å². The maximum atomic E-state index is 13.0. The Morgan fingerprint density at radius 1 is 1.20 bits per heavy atom. The third-order valence-corrected chi connectivity index (χ3v) is 5.54. The molecule has 0 atom stereocenters. The molecule has 0 bridgehead atoms. The number of hydrogen-bond donors (Lipinski definition) is 1. The minimum atomic E-state index is -4.66. The molecule has 0 radical (unpaired) electrons. The molecule has 0 unspecified atom stereocenters. The van der Waals surface area contributed by atoms with E-state index in [0.717, 1.165) is 0 Å². The Bertz CT molecular complexity index is 1100. The summed E-state index contributed by atoms with van der Waals surface area (Å²) in [7, 11) is 0. The molecule has 13 heteroatoms. The average Bonchev–Trinajstić information content (AvgIpc) is 3.34. The highest BCUT2D eigenvalue weighted by atomic mass is 32.1. The van der Waals surface area contributed by atoms with Crippen molar-refractivity contribution >= 4 is 39.6 Å². The molecule has 4 heterocycles. The second-order valence-electron chi connectivity index (χ2n) is 6.83. The van der Waals surface area contributed by atoms with E-state index in [0.29, 0.717) is 47.1 Å². The maximum absolute atomic E-state index is 13.0. The van der Waals surface area contributed by atoms with Crippen LogP contribution < -0.4 is 10.2 Å². The first kappa shape index (κ1) is 20.2. The molecule has 9 nitrogen and oxygen atoms in total. The van der Waals surface area contributed by atoms with E-state index in [-0.39, 0.29) is 23.3 Å². The Labute approximate surface area is 171 Å². The first-order valence-electron chi connectivity index (χ1n) is 9.04. The van der Waals surface area contributed by atoms with Crippen molar-refractivity contribution in [1.82, 2.24) is 24.8 Å². The van der Waals surface area contributed by atoms with Crippen LogP contribution in [0.5, 0.6) is 0 Å². The normalized spacial score (nSPS) is 15.5. The zero-order valence-corrected chi connectivity index (χ0v) is 16.5. The molecule has 1 amide bonds. The van der Waals surface area contributed by atoms with Crippen molar-refractivity contribution in [2.24, 2.45) is 5.92 Å². The number of hydrogen-bond acceptors (Lipinski definition) is 8. The zero-order valence-electron chi connectivity index (χ0n) is 15.7. The summed E-state index contributed by atoms with van der Waals surface area (Å²) in [6.45, 7) is 2.31. The number of alkyl halides is 3. The predicted molar refractivity (Wildman–Crippen MR) is 101 cm³/mol. The van der Waals surface area contributed by atoms with Gasteiger partial charge in [-0.3, -0.25) is 9.59 Å². The Morgan fingerprint density at radius 2 is 1.93 bits per heavy atom. The van der Waals surface area contributed by atoms with Gasteiger partial charge in [0.15, 0.2) is 16.6 Å². The van der Waals surface area contributed by atoms with Gasteiger partial charge in [0.1, 0.15) is 11.5 Å². The number of Topliss-reactive ketones (excluding diaryl/α,β-unsaturated/α-hetero) is 1. The number of nitrogens with one attached hydrogen (secondary N) is 1. The van der Waals surface area contributed by atoms with Gasteiger partial charge in [0.2, 0.25) is 5.91 Å². The fourth-order valence-corrected chi connectivity index (χ4v) is 3.95. The minimum Gasteiger partial charge on any atom is -0.355 e. The van der Waals surface area contributed by atoms with E-state index in [9.17, 15) is 22.8 Å². The van der Waals surface area contributed by atoms with Gasteiger partial charge in [-0.25, -0.2) is 4.98 Å². The van der Waals surface area contributed by atoms with Crippen molar-refractivity contribution in [3.8, 4) is 0 Å². The highest BCUT2D eigenvalue weighted by Gasteiger charge is 2.38. The van der Waals surface area contributed by atoms with Gasteiger partial charge in [-0.1, -0.05) is 0 Å². The molecule has 1 fully saturated rings. The number of anilines is 2. The fourth-order valence-electron chi connectivity index (χ4n) is 3.20. The quantitative estimate of drug-likeness (QED) is 0.623. The topological polar surface area (TPSA) is 105 Å². The van der Waals surface area contributed by atoms with Crippen LogP contribution in [-0.2, 0) is 11.0 Å². The SMILES string of the molecule is CC(=O)c1csc(NC(=O)C2CCN(c3ccc4nnc(C(F)(F)F)n4n3)CC2)n1. The number of amides is 1. The van der Waals surface area contributed by atoms with Gasteiger partial charge < -0.3 is 10.2 Å². The third-order valence-electron chi connectivity index (χ3n) is 4.79. The molecule has 4 rings (SSSR count). The minimum absolute atomic E-state index is 0.00807. The third kappa shape index (κ3) is 3.97. The molecular formula is C17H16F3N7O2S. The van der Waals surface area contributed by atoms with E-state index >= 15 is 0 Å². The lowest BCUT2D eigenvalue weighted by molar-refractivity contribution is -0.146. The number of piperidine rings is 1.